The van der Waals surface area contributed by atoms with Crippen LogP contribution < -0.4 is 16.0 Å². The van der Waals surface area contributed by atoms with Gasteiger partial charge in [-0.2, -0.15) is 0 Å². The average Bonchev–Trinajstić information content (AvgIpc) is 3.46. The van der Waals surface area contributed by atoms with Crippen molar-refractivity contribution in [2.75, 3.05) is 10.6 Å². The van der Waals surface area contributed by atoms with Gasteiger partial charge in [0.15, 0.2) is 5.69 Å². The predicted octanol–water partition coefficient (Wildman–Crippen LogP) is 3.76. The number of amides is 3. The van der Waals surface area contributed by atoms with Crippen LogP contribution in [-0.2, 0) is 6.42 Å². The van der Waals surface area contributed by atoms with E-state index in [1.807, 2.05) is 42.5 Å². The number of para-hydroxylation sites is 1. The van der Waals surface area contributed by atoms with Gasteiger partial charge in [0, 0.05) is 17.4 Å². The number of hydrogen-bond donors (Lipinski definition) is 3. The van der Waals surface area contributed by atoms with Crippen LogP contribution in [-0.4, -0.2) is 33.0 Å². The molecule has 1 aromatic heterocycles. The highest BCUT2D eigenvalue weighted by Gasteiger charge is 2.27. The van der Waals surface area contributed by atoms with Crippen LogP contribution in [0.25, 0.3) is 5.69 Å². The zero-order chi connectivity index (χ0) is 20.9. The maximum Gasteiger partial charge on any atom is 0.323 e. The van der Waals surface area contributed by atoms with Crippen molar-refractivity contribution in [1.82, 2.24) is 20.3 Å². The molecule has 8 nitrogen and oxygen atoms in total. The number of carbonyl (C=O) groups excluding carboxylic acids is 2. The molecule has 0 unspecified atom stereocenters. The minimum absolute atomic E-state index is 0.164. The molecule has 154 valence electrons. The fourth-order valence-corrected chi connectivity index (χ4v) is 3.13. The maximum atomic E-state index is 12.5. The highest BCUT2D eigenvalue weighted by Crippen LogP contribution is 2.21. The summed E-state index contributed by atoms with van der Waals surface area (Å²) in [6.45, 7) is 2.05. The molecule has 0 spiro atoms. The zero-order valence-corrected chi connectivity index (χ0v) is 16.8. The van der Waals surface area contributed by atoms with Crippen molar-refractivity contribution < 1.29 is 9.59 Å². The third kappa shape index (κ3) is 4.65. The monoisotopic (exact) mass is 404 g/mol. The largest absolute Gasteiger partial charge is 0.348 e. The second-order valence-electron chi connectivity index (χ2n) is 7.29. The molecular formula is C22H24N6O2. The van der Waals surface area contributed by atoms with Crippen molar-refractivity contribution in [2.24, 2.45) is 0 Å². The summed E-state index contributed by atoms with van der Waals surface area (Å²) in [7, 11) is 0. The van der Waals surface area contributed by atoms with Gasteiger partial charge in [0.05, 0.1) is 11.4 Å². The number of carbonyl (C=O) groups is 2. The van der Waals surface area contributed by atoms with Crippen LogP contribution in [0.15, 0.2) is 54.6 Å². The van der Waals surface area contributed by atoms with Crippen molar-refractivity contribution in [3.63, 3.8) is 0 Å². The molecule has 2 aromatic carbocycles. The Balaban J connectivity index is 1.47. The Bertz CT molecular complexity index is 1030. The molecule has 30 heavy (non-hydrogen) atoms. The molecule has 3 amide bonds. The summed E-state index contributed by atoms with van der Waals surface area (Å²) in [6, 6.07) is 16.5. The van der Waals surface area contributed by atoms with Crippen molar-refractivity contribution in [3.05, 3.63) is 66.0 Å². The van der Waals surface area contributed by atoms with Gasteiger partial charge in [-0.05, 0) is 55.7 Å². The molecule has 0 bridgehead atoms. The Kier molecular flexibility index (Phi) is 5.74. The van der Waals surface area contributed by atoms with Crippen molar-refractivity contribution >= 4 is 23.3 Å². The summed E-state index contributed by atoms with van der Waals surface area (Å²) in [5.74, 6) is -0.164. The molecule has 1 heterocycles. The minimum atomic E-state index is -0.319. The Labute approximate surface area is 174 Å². The van der Waals surface area contributed by atoms with E-state index in [1.54, 1.807) is 16.8 Å². The number of aromatic nitrogens is 3. The molecule has 0 radical (unpaired) electrons. The number of anilines is 2. The van der Waals surface area contributed by atoms with E-state index in [1.165, 1.54) is 0 Å². The molecule has 0 atom stereocenters. The molecule has 3 N–H and O–H groups in total. The van der Waals surface area contributed by atoms with Crippen LogP contribution in [0.5, 0.6) is 0 Å². The fraction of sp³-hybridized carbons (Fsp3) is 0.273. The SMILES string of the molecule is CCCc1c(C(=O)NC2CC2)nnn1-c1ccc(NC(=O)Nc2ccccc2)cc1. The van der Waals surface area contributed by atoms with Crippen LogP contribution in [0.2, 0.25) is 0 Å². The number of hydrogen-bond acceptors (Lipinski definition) is 4. The van der Waals surface area contributed by atoms with Crippen LogP contribution >= 0.6 is 0 Å². The topological polar surface area (TPSA) is 101 Å². The van der Waals surface area contributed by atoms with Gasteiger partial charge in [-0.3, -0.25) is 4.79 Å². The molecule has 1 aliphatic carbocycles. The van der Waals surface area contributed by atoms with Gasteiger partial charge in [-0.15, -0.1) is 5.10 Å². The number of rotatable bonds is 7. The summed E-state index contributed by atoms with van der Waals surface area (Å²) in [6.07, 6.45) is 3.61. The lowest BCUT2D eigenvalue weighted by atomic mass is 10.2. The average molecular weight is 404 g/mol. The second-order valence-corrected chi connectivity index (χ2v) is 7.29. The predicted molar refractivity (Wildman–Crippen MR) is 115 cm³/mol. The van der Waals surface area contributed by atoms with Gasteiger partial charge in [-0.1, -0.05) is 36.8 Å². The number of urea groups is 1. The lowest BCUT2D eigenvalue weighted by Gasteiger charge is -2.10. The normalized spacial score (nSPS) is 13.0. The summed E-state index contributed by atoms with van der Waals surface area (Å²) in [4.78, 5) is 24.6. The van der Waals surface area contributed by atoms with E-state index >= 15 is 0 Å². The lowest BCUT2D eigenvalue weighted by Crippen LogP contribution is -2.27. The number of nitrogens with one attached hydrogen (secondary N) is 3. The Morgan fingerprint density at radius 1 is 1.00 bits per heavy atom. The van der Waals surface area contributed by atoms with Crippen molar-refractivity contribution in [1.29, 1.82) is 0 Å². The van der Waals surface area contributed by atoms with Crippen LogP contribution in [0.4, 0.5) is 16.2 Å². The van der Waals surface area contributed by atoms with Gasteiger partial charge in [0.1, 0.15) is 0 Å². The summed E-state index contributed by atoms with van der Waals surface area (Å²) in [5, 5.41) is 16.9. The van der Waals surface area contributed by atoms with Gasteiger partial charge in [-0.25, -0.2) is 9.48 Å². The summed E-state index contributed by atoms with van der Waals surface area (Å²) >= 11 is 0. The van der Waals surface area contributed by atoms with Crippen LogP contribution in [0.3, 0.4) is 0 Å². The van der Waals surface area contributed by atoms with E-state index in [0.29, 0.717) is 17.8 Å². The highest BCUT2D eigenvalue weighted by molar-refractivity contribution is 5.99. The number of benzene rings is 2. The summed E-state index contributed by atoms with van der Waals surface area (Å²) < 4.78 is 1.69. The Hall–Kier alpha value is -3.68. The van der Waals surface area contributed by atoms with Gasteiger partial charge in [0.2, 0.25) is 0 Å². The molecule has 1 aliphatic rings. The second kappa shape index (κ2) is 8.77. The van der Waals surface area contributed by atoms with E-state index in [4.69, 9.17) is 0 Å². The van der Waals surface area contributed by atoms with E-state index in [0.717, 1.165) is 36.3 Å². The van der Waals surface area contributed by atoms with Gasteiger partial charge < -0.3 is 16.0 Å². The van der Waals surface area contributed by atoms with Crippen LogP contribution in [0.1, 0.15) is 42.4 Å². The van der Waals surface area contributed by atoms with Gasteiger partial charge >= 0.3 is 6.03 Å². The van der Waals surface area contributed by atoms with Gasteiger partial charge in [0.25, 0.3) is 5.91 Å². The molecule has 0 aliphatic heterocycles. The van der Waals surface area contributed by atoms with Crippen LogP contribution in [0, 0.1) is 0 Å². The fourth-order valence-electron chi connectivity index (χ4n) is 3.13. The first-order valence-corrected chi connectivity index (χ1v) is 10.1. The molecule has 1 fully saturated rings. The molecule has 1 saturated carbocycles. The highest BCUT2D eigenvalue weighted by atomic mass is 16.2. The minimum Gasteiger partial charge on any atom is -0.348 e. The summed E-state index contributed by atoms with van der Waals surface area (Å²) in [5.41, 5.74) is 3.32. The van der Waals surface area contributed by atoms with Crippen molar-refractivity contribution in [3.8, 4) is 5.69 Å². The first-order valence-electron chi connectivity index (χ1n) is 10.1. The third-order valence-corrected chi connectivity index (χ3v) is 4.78. The molecule has 0 saturated heterocycles. The smallest absolute Gasteiger partial charge is 0.323 e. The standard InChI is InChI=1S/C22H24N6O2/c1-2-6-19-20(21(29)23-16-9-10-16)26-27-28(19)18-13-11-17(12-14-18)25-22(30)24-15-7-4-3-5-8-15/h3-5,7-8,11-14,16H,2,6,9-10H2,1H3,(H,23,29)(H2,24,25,30). The molecule has 3 aromatic rings. The van der Waals surface area contributed by atoms with E-state index in [-0.39, 0.29) is 18.0 Å². The first-order chi connectivity index (χ1) is 14.6. The molecule has 4 rings (SSSR count). The lowest BCUT2D eigenvalue weighted by molar-refractivity contribution is 0.0945. The molecule has 8 heteroatoms. The van der Waals surface area contributed by atoms with E-state index in [9.17, 15) is 9.59 Å². The third-order valence-electron chi connectivity index (χ3n) is 4.78. The van der Waals surface area contributed by atoms with E-state index < -0.39 is 0 Å². The number of nitrogens with zero attached hydrogens (tertiary/aromatic N) is 3. The quantitative estimate of drug-likeness (QED) is 0.558. The zero-order valence-electron chi connectivity index (χ0n) is 16.8. The Morgan fingerprint density at radius 2 is 1.67 bits per heavy atom. The Morgan fingerprint density at radius 3 is 2.30 bits per heavy atom. The first kappa shape index (κ1) is 19.6. The van der Waals surface area contributed by atoms with Crippen molar-refractivity contribution in [2.45, 2.75) is 38.6 Å². The molecular weight excluding hydrogens is 380 g/mol. The van der Waals surface area contributed by atoms with E-state index in [2.05, 4.69) is 33.2 Å². The maximum absolute atomic E-state index is 12.5.